The number of hydrogen-bond acceptors (Lipinski definition) is 4. The quantitative estimate of drug-likeness (QED) is 0.809. The van der Waals surface area contributed by atoms with Crippen LogP contribution in [0.25, 0.3) is 0 Å². The van der Waals surface area contributed by atoms with Crippen LogP contribution < -0.4 is 0 Å². The lowest BCUT2D eigenvalue weighted by Crippen LogP contribution is -2.46. The molecule has 0 aliphatic carbocycles. The van der Waals surface area contributed by atoms with Crippen LogP contribution in [-0.2, 0) is 9.22 Å². The van der Waals surface area contributed by atoms with Crippen molar-refractivity contribution in [1.29, 1.82) is 0 Å². The highest BCUT2D eigenvalue weighted by molar-refractivity contribution is 6.74. The van der Waals surface area contributed by atoms with Gasteiger partial charge in [-0.1, -0.05) is 27.7 Å². The molecular weight excluding hydrogens is 284 g/mol. The Balaban J connectivity index is 2.74. The largest absolute Gasteiger partial charge is 0.467 e. The molecule has 1 rings (SSSR count). The minimum atomic E-state index is -2.00. The highest BCUT2D eigenvalue weighted by atomic mass is 28.4. The summed E-state index contributed by atoms with van der Waals surface area (Å²) in [6, 6.07) is 3.37. The summed E-state index contributed by atoms with van der Waals surface area (Å²) in [5.74, 6) is -0.241. The van der Waals surface area contributed by atoms with Crippen molar-refractivity contribution in [2.24, 2.45) is 5.92 Å². The highest BCUT2D eigenvalue weighted by Crippen LogP contribution is 2.38. The number of aliphatic hydroxyl groups is 1. The van der Waals surface area contributed by atoms with Crippen LogP contribution >= 0.6 is 0 Å². The SMILES string of the molecule is C[C@H](C(=O)[C@@H](C)O[Si](C)(C)C(C)(C)C)[C@H](O)c1ccco1. The van der Waals surface area contributed by atoms with Gasteiger partial charge in [-0.15, -0.1) is 0 Å². The van der Waals surface area contributed by atoms with E-state index < -0.39 is 26.4 Å². The summed E-state index contributed by atoms with van der Waals surface area (Å²) in [5.41, 5.74) is 0. The summed E-state index contributed by atoms with van der Waals surface area (Å²) in [6.45, 7) is 14.1. The van der Waals surface area contributed by atoms with E-state index in [0.29, 0.717) is 5.76 Å². The molecule has 0 aliphatic heterocycles. The van der Waals surface area contributed by atoms with E-state index in [-0.39, 0.29) is 10.8 Å². The van der Waals surface area contributed by atoms with Gasteiger partial charge in [0.1, 0.15) is 18.0 Å². The molecule has 0 aromatic carbocycles. The number of furan rings is 1. The Morgan fingerprint density at radius 2 is 1.90 bits per heavy atom. The van der Waals surface area contributed by atoms with Crippen LogP contribution in [0.2, 0.25) is 18.1 Å². The van der Waals surface area contributed by atoms with E-state index in [1.54, 1.807) is 26.0 Å². The zero-order valence-electron chi connectivity index (χ0n) is 14.1. The van der Waals surface area contributed by atoms with Crippen LogP contribution in [0.5, 0.6) is 0 Å². The van der Waals surface area contributed by atoms with Crippen molar-refractivity contribution in [3.8, 4) is 0 Å². The number of carbonyl (C=O) groups excluding carboxylic acids is 1. The molecular formula is C16H28O4Si. The third kappa shape index (κ3) is 4.28. The number of Topliss-reactive ketones (excluding diaryl/α,β-unsaturated/α-hetero) is 1. The molecule has 5 heteroatoms. The van der Waals surface area contributed by atoms with E-state index in [2.05, 4.69) is 33.9 Å². The Morgan fingerprint density at radius 3 is 2.33 bits per heavy atom. The van der Waals surface area contributed by atoms with Crippen LogP contribution in [0.4, 0.5) is 0 Å². The van der Waals surface area contributed by atoms with Crippen molar-refractivity contribution in [2.75, 3.05) is 0 Å². The van der Waals surface area contributed by atoms with Crippen molar-refractivity contribution >= 4 is 14.1 Å². The van der Waals surface area contributed by atoms with Gasteiger partial charge in [0.2, 0.25) is 0 Å². The third-order valence-corrected chi connectivity index (χ3v) is 8.99. The molecule has 0 radical (unpaired) electrons. The van der Waals surface area contributed by atoms with Crippen molar-refractivity contribution in [1.82, 2.24) is 0 Å². The molecule has 1 heterocycles. The second kappa shape index (κ2) is 6.46. The minimum Gasteiger partial charge on any atom is -0.467 e. The number of aliphatic hydroxyl groups excluding tert-OH is 1. The Labute approximate surface area is 128 Å². The fraction of sp³-hybridized carbons (Fsp3) is 0.688. The number of ketones is 1. The van der Waals surface area contributed by atoms with Crippen molar-refractivity contribution in [3.63, 3.8) is 0 Å². The fourth-order valence-electron chi connectivity index (χ4n) is 1.91. The third-order valence-electron chi connectivity index (χ3n) is 4.44. The Kier molecular flexibility index (Phi) is 5.58. The number of carbonyl (C=O) groups is 1. The van der Waals surface area contributed by atoms with Gasteiger partial charge in [-0.3, -0.25) is 4.79 Å². The summed E-state index contributed by atoms with van der Waals surface area (Å²) in [6.07, 6.45) is 0.0363. The molecule has 0 unspecified atom stereocenters. The maximum atomic E-state index is 12.5. The smallest absolute Gasteiger partial charge is 0.193 e. The van der Waals surface area contributed by atoms with E-state index in [1.165, 1.54) is 6.26 Å². The Hall–Kier alpha value is -0.913. The lowest BCUT2D eigenvalue weighted by molar-refractivity contribution is -0.133. The first-order valence-corrected chi connectivity index (χ1v) is 10.3. The molecule has 1 aromatic rings. The van der Waals surface area contributed by atoms with E-state index in [4.69, 9.17) is 8.84 Å². The molecule has 3 atom stereocenters. The molecule has 0 saturated carbocycles. The van der Waals surface area contributed by atoms with Crippen LogP contribution in [0.3, 0.4) is 0 Å². The van der Waals surface area contributed by atoms with Crippen LogP contribution in [0, 0.1) is 5.92 Å². The van der Waals surface area contributed by atoms with Gasteiger partial charge < -0.3 is 13.9 Å². The Bertz CT molecular complexity index is 459. The minimum absolute atomic E-state index is 0.0460. The molecule has 0 amide bonds. The van der Waals surface area contributed by atoms with Gasteiger partial charge in [-0.2, -0.15) is 0 Å². The fourth-order valence-corrected chi connectivity index (χ4v) is 3.26. The summed E-state index contributed by atoms with van der Waals surface area (Å²) in [4.78, 5) is 12.5. The molecule has 0 saturated heterocycles. The van der Waals surface area contributed by atoms with Gasteiger partial charge in [-0.25, -0.2) is 0 Å². The zero-order chi connectivity index (χ0) is 16.4. The molecule has 0 spiro atoms. The molecule has 4 nitrogen and oxygen atoms in total. The highest BCUT2D eigenvalue weighted by Gasteiger charge is 2.40. The monoisotopic (exact) mass is 312 g/mol. The first-order chi connectivity index (χ1) is 9.47. The predicted molar refractivity (Wildman–Crippen MR) is 85.6 cm³/mol. The van der Waals surface area contributed by atoms with E-state index >= 15 is 0 Å². The van der Waals surface area contributed by atoms with Crippen LogP contribution in [0.1, 0.15) is 46.5 Å². The maximum absolute atomic E-state index is 12.5. The Morgan fingerprint density at radius 1 is 1.33 bits per heavy atom. The summed E-state index contributed by atoms with van der Waals surface area (Å²) in [5, 5.41) is 10.2. The standard InChI is InChI=1S/C16H28O4Si/c1-11(15(18)13-9-8-10-19-13)14(17)12(2)20-21(6,7)16(3,4)5/h8-12,15,18H,1-7H3/t11-,12-,15+/m1/s1. The normalized spacial score (nSPS) is 17.3. The van der Waals surface area contributed by atoms with Gasteiger partial charge in [0.05, 0.1) is 12.2 Å². The maximum Gasteiger partial charge on any atom is 0.193 e. The molecule has 120 valence electrons. The van der Waals surface area contributed by atoms with Gasteiger partial charge in [0, 0.05) is 0 Å². The predicted octanol–water partition coefficient (Wildman–Crippen LogP) is 3.93. The molecule has 0 aliphatic rings. The van der Waals surface area contributed by atoms with E-state index in [9.17, 15) is 9.90 Å². The summed E-state index contributed by atoms with van der Waals surface area (Å²) >= 11 is 0. The zero-order valence-corrected chi connectivity index (χ0v) is 15.1. The molecule has 1 aromatic heterocycles. The molecule has 1 N–H and O–H groups in total. The topological polar surface area (TPSA) is 59.7 Å². The number of hydrogen-bond donors (Lipinski definition) is 1. The summed E-state index contributed by atoms with van der Waals surface area (Å²) < 4.78 is 11.3. The average molecular weight is 312 g/mol. The average Bonchev–Trinajstić information content (AvgIpc) is 2.87. The first kappa shape index (κ1) is 18.1. The van der Waals surface area contributed by atoms with E-state index in [0.717, 1.165) is 0 Å². The molecule has 21 heavy (non-hydrogen) atoms. The van der Waals surface area contributed by atoms with Crippen molar-refractivity contribution in [3.05, 3.63) is 24.2 Å². The van der Waals surface area contributed by atoms with Gasteiger partial charge in [-0.05, 0) is 37.2 Å². The molecule has 0 bridgehead atoms. The number of rotatable bonds is 6. The van der Waals surface area contributed by atoms with Crippen LogP contribution in [-0.4, -0.2) is 25.3 Å². The molecule has 0 fully saturated rings. The van der Waals surface area contributed by atoms with Gasteiger partial charge >= 0.3 is 0 Å². The van der Waals surface area contributed by atoms with Gasteiger partial charge in [0.15, 0.2) is 14.1 Å². The van der Waals surface area contributed by atoms with Gasteiger partial charge in [0.25, 0.3) is 0 Å². The van der Waals surface area contributed by atoms with Crippen molar-refractivity contribution < 1.29 is 18.7 Å². The van der Waals surface area contributed by atoms with E-state index in [1.807, 2.05) is 0 Å². The second-order valence-electron chi connectivity index (χ2n) is 7.17. The van der Waals surface area contributed by atoms with Crippen molar-refractivity contribution in [2.45, 2.75) is 65.0 Å². The van der Waals surface area contributed by atoms with Crippen LogP contribution in [0.15, 0.2) is 22.8 Å². The lowest BCUT2D eigenvalue weighted by atomic mass is 9.95. The summed E-state index contributed by atoms with van der Waals surface area (Å²) in [7, 11) is -2.00. The second-order valence-corrected chi connectivity index (χ2v) is 11.9. The lowest BCUT2D eigenvalue weighted by Gasteiger charge is -2.38. The first-order valence-electron chi connectivity index (χ1n) is 7.40.